The van der Waals surface area contributed by atoms with Crippen molar-refractivity contribution in [2.24, 2.45) is 17.4 Å². The van der Waals surface area contributed by atoms with Crippen LogP contribution in [0.3, 0.4) is 0 Å². The van der Waals surface area contributed by atoms with Crippen LogP contribution in [0.5, 0.6) is 0 Å². The first kappa shape index (κ1) is 17.0. The first-order valence-electron chi connectivity index (χ1n) is 7.84. The van der Waals surface area contributed by atoms with E-state index >= 15 is 0 Å². The number of aromatic nitrogens is 1. The third-order valence-electron chi connectivity index (χ3n) is 4.32. The maximum atomic E-state index is 12.2. The largest absolute Gasteiger partial charge is 0.368 e. The van der Waals surface area contributed by atoms with Crippen LogP contribution in [0.1, 0.15) is 25.8 Å². The Labute approximate surface area is 135 Å². The number of carbonyl (C=O) groups excluding carboxylic acids is 2. The molecule has 2 amide bonds. The van der Waals surface area contributed by atoms with E-state index in [4.69, 9.17) is 11.5 Å². The number of hydrogen-bond donors (Lipinski definition) is 4. The molecule has 0 aliphatic rings. The Hall–Kier alpha value is -2.34. The molecule has 0 bridgehead atoms. The number of amides is 2. The highest BCUT2D eigenvalue weighted by molar-refractivity contribution is 5.90. The standard InChI is InChI=1S/C17H24N4O2/c1-3-10(2)15(18)17(23)21-14(16(19)22)8-11-9-20-13-7-5-4-6-12(11)13/h4-7,9-10,14-15,20H,3,8,18H2,1-2H3,(H2,19,22)(H,21,23)/t10-,14+,15+/m1/s1. The highest BCUT2D eigenvalue weighted by Crippen LogP contribution is 2.19. The van der Waals surface area contributed by atoms with Crippen molar-refractivity contribution in [3.05, 3.63) is 36.0 Å². The van der Waals surface area contributed by atoms with Gasteiger partial charge in [-0.3, -0.25) is 9.59 Å². The molecule has 1 heterocycles. The Morgan fingerprint density at radius 2 is 2.00 bits per heavy atom. The van der Waals surface area contributed by atoms with Crippen LogP contribution in [0.2, 0.25) is 0 Å². The molecule has 0 saturated carbocycles. The van der Waals surface area contributed by atoms with E-state index in [1.165, 1.54) is 0 Å². The second kappa shape index (κ2) is 7.28. The third-order valence-corrected chi connectivity index (χ3v) is 4.32. The first-order chi connectivity index (χ1) is 10.9. The molecule has 0 saturated heterocycles. The number of aromatic amines is 1. The van der Waals surface area contributed by atoms with Crippen molar-refractivity contribution in [2.45, 2.75) is 38.8 Å². The molecule has 6 heteroatoms. The molecular weight excluding hydrogens is 292 g/mol. The fourth-order valence-corrected chi connectivity index (χ4v) is 2.52. The minimum absolute atomic E-state index is 0.0385. The molecule has 0 aliphatic carbocycles. The predicted octanol–water partition coefficient (Wildman–Crippen LogP) is 1.05. The molecule has 0 unspecified atom stereocenters. The van der Waals surface area contributed by atoms with Crippen molar-refractivity contribution in [2.75, 3.05) is 0 Å². The van der Waals surface area contributed by atoms with Gasteiger partial charge in [-0.1, -0.05) is 38.5 Å². The van der Waals surface area contributed by atoms with Crippen LogP contribution in [0, 0.1) is 5.92 Å². The van der Waals surface area contributed by atoms with E-state index in [9.17, 15) is 9.59 Å². The molecule has 2 aromatic rings. The lowest BCUT2D eigenvalue weighted by atomic mass is 9.98. The second-order valence-corrected chi connectivity index (χ2v) is 5.94. The number of fused-ring (bicyclic) bond motifs is 1. The summed E-state index contributed by atoms with van der Waals surface area (Å²) in [7, 11) is 0. The molecule has 2 rings (SSSR count). The normalized spacial score (nSPS) is 15.1. The molecule has 6 N–H and O–H groups in total. The number of H-pyrrole nitrogens is 1. The minimum Gasteiger partial charge on any atom is -0.368 e. The van der Waals surface area contributed by atoms with E-state index in [-0.39, 0.29) is 11.8 Å². The van der Waals surface area contributed by atoms with E-state index in [0.29, 0.717) is 6.42 Å². The Morgan fingerprint density at radius 1 is 1.30 bits per heavy atom. The molecule has 6 nitrogen and oxygen atoms in total. The number of primary amides is 1. The minimum atomic E-state index is -0.781. The van der Waals surface area contributed by atoms with Crippen molar-refractivity contribution in [3.63, 3.8) is 0 Å². The van der Waals surface area contributed by atoms with Crippen molar-refractivity contribution < 1.29 is 9.59 Å². The number of nitrogens with two attached hydrogens (primary N) is 2. The summed E-state index contributed by atoms with van der Waals surface area (Å²) in [6.45, 7) is 3.87. The topological polar surface area (TPSA) is 114 Å². The average Bonchev–Trinajstić information content (AvgIpc) is 2.95. The van der Waals surface area contributed by atoms with E-state index in [1.54, 1.807) is 0 Å². The molecule has 23 heavy (non-hydrogen) atoms. The SMILES string of the molecule is CC[C@@H](C)[C@H](N)C(=O)N[C@@H](Cc1c[nH]c2ccccc12)C(N)=O. The molecule has 1 aromatic carbocycles. The summed E-state index contributed by atoms with van der Waals surface area (Å²) in [5.41, 5.74) is 13.3. The van der Waals surface area contributed by atoms with Gasteiger partial charge in [0.1, 0.15) is 6.04 Å². The fraction of sp³-hybridized carbons (Fsp3) is 0.412. The summed E-state index contributed by atoms with van der Waals surface area (Å²) >= 11 is 0. The van der Waals surface area contributed by atoms with Gasteiger partial charge in [0.05, 0.1) is 6.04 Å². The van der Waals surface area contributed by atoms with Crippen molar-refractivity contribution in [3.8, 4) is 0 Å². The molecule has 1 aromatic heterocycles. The summed E-state index contributed by atoms with van der Waals surface area (Å²) in [5, 5.41) is 3.70. The van der Waals surface area contributed by atoms with Gasteiger partial charge in [0.15, 0.2) is 0 Å². The summed E-state index contributed by atoms with van der Waals surface area (Å²) in [4.78, 5) is 27.1. The molecule has 0 spiro atoms. The van der Waals surface area contributed by atoms with Gasteiger partial charge in [-0.2, -0.15) is 0 Å². The van der Waals surface area contributed by atoms with Gasteiger partial charge >= 0.3 is 0 Å². The van der Waals surface area contributed by atoms with Crippen LogP contribution < -0.4 is 16.8 Å². The Kier molecular flexibility index (Phi) is 5.39. The summed E-state index contributed by atoms with van der Waals surface area (Å²) in [5.74, 6) is -0.875. The van der Waals surface area contributed by atoms with Gasteiger partial charge in [-0.15, -0.1) is 0 Å². The maximum Gasteiger partial charge on any atom is 0.240 e. The van der Waals surface area contributed by atoms with E-state index < -0.39 is 18.0 Å². The number of hydrogen-bond acceptors (Lipinski definition) is 3. The zero-order valence-corrected chi connectivity index (χ0v) is 13.5. The lowest BCUT2D eigenvalue weighted by molar-refractivity contribution is -0.128. The summed E-state index contributed by atoms with van der Waals surface area (Å²) in [6, 6.07) is 6.35. The Bertz CT molecular complexity index is 695. The van der Waals surface area contributed by atoms with Gasteiger partial charge < -0.3 is 21.8 Å². The zero-order valence-electron chi connectivity index (χ0n) is 13.5. The Balaban J connectivity index is 2.13. The smallest absolute Gasteiger partial charge is 0.240 e. The molecule has 0 radical (unpaired) electrons. The van der Waals surface area contributed by atoms with Crippen LogP contribution in [-0.4, -0.2) is 28.9 Å². The lowest BCUT2D eigenvalue weighted by Crippen LogP contribution is -2.53. The fourth-order valence-electron chi connectivity index (χ4n) is 2.52. The number of benzene rings is 1. The molecule has 0 fully saturated rings. The third kappa shape index (κ3) is 3.90. The van der Waals surface area contributed by atoms with Gasteiger partial charge in [0, 0.05) is 23.5 Å². The number of carbonyl (C=O) groups is 2. The first-order valence-corrected chi connectivity index (χ1v) is 7.84. The van der Waals surface area contributed by atoms with E-state index in [0.717, 1.165) is 22.9 Å². The van der Waals surface area contributed by atoms with Gasteiger partial charge in [-0.25, -0.2) is 0 Å². The zero-order chi connectivity index (χ0) is 17.0. The molecule has 124 valence electrons. The van der Waals surface area contributed by atoms with Crippen LogP contribution in [-0.2, 0) is 16.0 Å². The van der Waals surface area contributed by atoms with Crippen LogP contribution in [0.15, 0.2) is 30.5 Å². The van der Waals surface area contributed by atoms with Crippen LogP contribution in [0.25, 0.3) is 10.9 Å². The average molecular weight is 316 g/mol. The van der Waals surface area contributed by atoms with Crippen LogP contribution >= 0.6 is 0 Å². The highest BCUT2D eigenvalue weighted by atomic mass is 16.2. The number of para-hydroxylation sites is 1. The van der Waals surface area contributed by atoms with Gasteiger partial charge in [0.2, 0.25) is 11.8 Å². The summed E-state index contributed by atoms with van der Waals surface area (Å²) < 4.78 is 0. The highest BCUT2D eigenvalue weighted by Gasteiger charge is 2.25. The molecular formula is C17H24N4O2. The van der Waals surface area contributed by atoms with Gasteiger partial charge in [-0.05, 0) is 17.5 Å². The predicted molar refractivity (Wildman–Crippen MR) is 90.6 cm³/mol. The number of nitrogens with one attached hydrogen (secondary N) is 2. The van der Waals surface area contributed by atoms with Crippen molar-refractivity contribution in [1.82, 2.24) is 10.3 Å². The number of rotatable bonds is 7. The van der Waals surface area contributed by atoms with Gasteiger partial charge in [0.25, 0.3) is 0 Å². The maximum absolute atomic E-state index is 12.2. The second-order valence-electron chi connectivity index (χ2n) is 5.94. The van der Waals surface area contributed by atoms with Crippen molar-refractivity contribution >= 4 is 22.7 Å². The van der Waals surface area contributed by atoms with E-state index in [2.05, 4.69) is 10.3 Å². The van der Waals surface area contributed by atoms with E-state index in [1.807, 2.05) is 44.3 Å². The van der Waals surface area contributed by atoms with Crippen LogP contribution in [0.4, 0.5) is 0 Å². The molecule has 3 atom stereocenters. The van der Waals surface area contributed by atoms with Crippen molar-refractivity contribution in [1.29, 1.82) is 0 Å². The monoisotopic (exact) mass is 316 g/mol. The Morgan fingerprint density at radius 3 is 2.65 bits per heavy atom. The molecule has 0 aliphatic heterocycles. The quantitative estimate of drug-likeness (QED) is 0.612. The lowest BCUT2D eigenvalue weighted by Gasteiger charge is -2.21. The summed E-state index contributed by atoms with van der Waals surface area (Å²) in [6.07, 6.45) is 2.96.